The first-order chi connectivity index (χ1) is 30.2. The zero-order valence-corrected chi connectivity index (χ0v) is 33.2. The summed E-state index contributed by atoms with van der Waals surface area (Å²) >= 11 is 0. The Morgan fingerprint density at radius 3 is 1.43 bits per heavy atom. The van der Waals surface area contributed by atoms with Gasteiger partial charge in [0.25, 0.3) is 0 Å². The van der Waals surface area contributed by atoms with E-state index in [2.05, 4.69) is 205 Å². The van der Waals surface area contributed by atoms with Crippen molar-refractivity contribution in [2.45, 2.75) is 12.0 Å². The normalized spacial score (nSPS) is 15.7. The van der Waals surface area contributed by atoms with Crippen molar-refractivity contribution in [1.29, 1.82) is 0 Å². The molecule has 0 fully saturated rings. The van der Waals surface area contributed by atoms with Gasteiger partial charge in [0.1, 0.15) is 0 Å². The van der Waals surface area contributed by atoms with Crippen molar-refractivity contribution in [2.24, 2.45) is 0 Å². The molecule has 2 heterocycles. The first-order valence-electron chi connectivity index (χ1n) is 21.1. The Hall–Kier alpha value is -7.88. The molecule has 284 valence electrons. The van der Waals surface area contributed by atoms with Gasteiger partial charge in [-0.3, -0.25) is 9.97 Å². The number of anilines is 2. The second kappa shape index (κ2) is 13.3. The molecule has 0 spiro atoms. The van der Waals surface area contributed by atoms with Gasteiger partial charge in [0, 0.05) is 40.5 Å². The standard InChI is InChI=1S/C58H37N3/c1-2-10-52-49(7-1)54-35-47(24-26-53(54)58-57(52)59-27-28-60-58)44-20-19-41-31-39(17-18-42(41)32-44)36-13-14-38-30-40(16-15-37(38)29-36)43-21-22-46-34-48(25-23-45(46)33-43)61-55-11-5-3-8-50(55)51-9-4-6-12-56(51)61/h1-35,50,55H. The van der Waals surface area contributed by atoms with Gasteiger partial charge in [-0.15, -0.1) is 0 Å². The van der Waals surface area contributed by atoms with E-state index in [1.54, 1.807) is 12.4 Å². The van der Waals surface area contributed by atoms with Crippen LogP contribution in [0.4, 0.5) is 11.4 Å². The zero-order valence-electron chi connectivity index (χ0n) is 33.2. The van der Waals surface area contributed by atoms with Crippen LogP contribution in [0.3, 0.4) is 0 Å². The zero-order chi connectivity index (χ0) is 40.0. The predicted octanol–water partition coefficient (Wildman–Crippen LogP) is 15.1. The number of hydrogen-bond acceptors (Lipinski definition) is 3. The van der Waals surface area contributed by atoms with Gasteiger partial charge in [-0.1, -0.05) is 146 Å². The second-order valence-electron chi connectivity index (χ2n) is 16.6. The Kier molecular flexibility index (Phi) is 7.43. The minimum atomic E-state index is 0.300. The van der Waals surface area contributed by atoms with Crippen LogP contribution in [-0.2, 0) is 0 Å². The fourth-order valence-electron chi connectivity index (χ4n) is 10.2. The second-order valence-corrected chi connectivity index (χ2v) is 16.6. The van der Waals surface area contributed by atoms with Crippen LogP contribution in [0.5, 0.6) is 0 Å². The van der Waals surface area contributed by atoms with Crippen LogP contribution in [0.25, 0.3) is 98.3 Å². The summed E-state index contributed by atoms with van der Waals surface area (Å²) < 4.78 is 0. The highest BCUT2D eigenvalue weighted by Gasteiger charge is 2.37. The SMILES string of the molecule is C1=CC2c3ccccc3N(c3ccc4cc(-c5ccc6cc(-c7ccc8cc(-c9ccc%10c(c9)c9ccccc9c9nccnc%109)ccc8c7)ccc6c5)ccc4c3)C2C=C1. The molecule has 0 N–H and O–H groups in total. The van der Waals surface area contributed by atoms with Gasteiger partial charge in [0.15, 0.2) is 0 Å². The van der Waals surface area contributed by atoms with E-state index in [4.69, 9.17) is 9.97 Å². The molecule has 61 heavy (non-hydrogen) atoms. The molecule has 1 aliphatic carbocycles. The number of para-hydroxylation sites is 1. The summed E-state index contributed by atoms with van der Waals surface area (Å²) in [7, 11) is 0. The predicted molar refractivity (Wildman–Crippen MR) is 257 cm³/mol. The lowest BCUT2D eigenvalue weighted by Crippen LogP contribution is -2.28. The maximum atomic E-state index is 4.74. The average Bonchev–Trinajstić information content (AvgIpc) is 3.67. The van der Waals surface area contributed by atoms with Gasteiger partial charge in [-0.25, -0.2) is 0 Å². The molecule has 10 aromatic carbocycles. The summed E-state index contributed by atoms with van der Waals surface area (Å²) in [5.74, 6) is 0.382. The molecule has 0 saturated carbocycles. The van der Waals surface area contributed by atoms with Gasteiger partial charge in [-0.2, -0.15) is 0 Å². The molecule has 0 bridgehead atoms. The van der Waals surface area contributed by atoms with Crippen molar-refractivity contribution in [3.8, 4) is 33.4 Å². The van der Waals surface area contributed by atoms with Gasteiger partial charge in [0.2, 0.25) is 0 Å². The molecule has 2 aliphatic rings. The lowest BCUT2D eigenvalue weighted by Gasteiger charge is -2.29. The summed E-state index contributed by atoms with van der Waals surface area (Å²) in [6.07, 6.45) is 12.6. The molecule has 0 amide bonds. The summed E-state index contributed by atoms with van der Waals surface area (Å²) in [5.41, 5.74) is 13.1. The van der Waals surface area contributed by atoms with Gasteiger partial charge < -0.3 is 4.90 Å². The van der Waals surface area contributed by atoms with Crippen molar-refractivity contribution in [1.82, 2.24) is 9.97 Å². The molecule has 2 atom stereocenters. The summed E-state index contributed by atoms with van der Waals surface area (Å²) in [6.45, 7) is 0. The van der Waals surface area contributed by atoms with Crippen LogP contribution >= 0.6 is 0 Å². The van der Waals surface area contributed by atoms with E-state index in [1.165, 1.54) is 93.4 Å². The molecule has 11 aromatic rings. The van der Waals surface area contributed by atoms with E-state index in [9.17, 15) is 0 Å². The number of rotatable bonds is 4. The highest BCUT2D eigenvalue weighted by atomic mass is 15.2. The topological polar surface area (TPSA) is 29.0 Å². The first-order valence-corrected chi connectivity index (χ1v) is 21.1. The summed E-state index contributed by atoms with van der Waals surface area (Å²) in [4.78, 5) is 11.9. The lowest BCUT2D eigenvalue weighted by atomic mass is 9.91. The van der Waals surface area contributed by atoms with Crippen LogP contribution in [-0.4, -0.2) is 16.0 Å². The Morgan fingerprint density at radius 1 is 0.361 bits per heavy atom. The third-order valence-electron chi connectivity index (χ3n) is 13.2. The minimum absolute atomic E-state index is 0.300. The third-order valence-corrected chi connectivity index (χ3v) is 13.2. The Balaban J connectivity index is 0.782. The van der Waals surface area contributed by atoms with Crippen molar-refractivity contribution in [3.05, 3.63) is 218 Å². The molecular weight excluding hydrogens is 739 g/mol. The van der Waals surface area contributed by atoms with Crippen molar-refractivity contribution in [2.75, 3.05) is 4.90 Å². The fraction of sp³-hybridized carbons (Fsp3) is 0.0345. The van der Waals surface area contributed by atoms with E-state index in [1.807, 2.05) is 0 Å². The largest absolute Gasteiger partial charge is 0.333 e. The molecule has 0 saturated heterocycles. The van der Waals surface area contributed by atoms with Crippen LogP contribution in [0.15, 0.2) is 213 Å². The summed E-state index contributed by atoms with van der Waals surface area (Å²) in [6, 6.07) is 65.5. The van der Waals surface area contributed by atoms with Gasteiger partial charge in [-0.05, 0) is 137 Å². The molecule has 3 nitrogen and oxygen atoms in total. The van der Waals surface area contributed by atoms with Crippen molar-refractivity contribution >= 4 is 76.3 Å². The molecule has 3 heteroatoms. The van der Waals surface area contributed by atoms with Crippen molar-refractivity contribution in [3.63, 3.8) is 0 Å². The third kappa shape index (κ3) is 5.44. The minimum Gasteiger partial charge on any atom is -0.333 e. The van der Waals surface area contributed by atoms with E-state index in [0.717, 1.165) is 21.8 Å². The Bertz CT molecular complexity index is 3650. The number of nitrogens with zero attached hydrogens (tertiary/aromatic N) is 3. The number of hydrogen-bond donors (Lipinski definition) is 0. The molecule has 1 aromatic heterocycles. The fourth-order valence-corrected chi connectivity index (χ4v) is 10.2. The number of fused-ring (bicyclic) bond motifs is 12. The monoisotopic (exact) mass is 775 g/mol. The quantitative estimate of drug-likeness (QED) is 0.167. The maximum absolute atomic E-state index is 4.74. The van der Waals surface area contributed by atoms with E-state index < -0.39 is 0 Å². The highest BCUT2D eigenvalue weighted by Crippen LogP contribution is 2.48. The molecular formula is C58H37N3. The molecule has 2 unspecified atom stereocenters. The van der Waals surface area contributed by atoms with Crippen LogP contribution < -0.4 is 4.90 Å². The summed E-state index contributed by atoms with van der Waals surface area (Å²) in [5, 5.41) is 12.1. The molecule has 0 radical (unpaired) electrons. The van der Waals surface area contributed by atoms with Gasteiger partial charge >= 0.3 is 0 Å². The first kappa shape index (κ1) is 34.0. The molecule has 13 rings (SSSR count). The van der Waals surface area contributed by atoms with Crippen molar-refractivity contribution < 1.29 is 0 Å². The average molecular weight is 776 g/mol. The Labute approximate surface area is 353 Å². The van der Waals surface area contributed by atoms with Gasteiger partial charge in [0.05, 0.1) is 17.1 Å². The highest BCUT2D eigenvalue weighted by molar-refractivity contribution is 6.23. The van der Waals surface area contributed by atoms with Crippen LogP contribution in [0, 0.1) is 0 Å². The van der Waals surface area contributed by atoms with Crippen LogP contribution in [0.2, 0.25) is 0 Å². The Morgan fingerprint density at radius 2 is 0.820 bits per heavy atom. The maximum Gasteiger partial charge on any atom is 0.0971 e. The van der Waals surface area contributed by atoms with E-state index in [0.29, 0.717) is 12.0 Å². The number of allylic oxidation sites excluding steroid dienone is 2. The van der Waals surface area contributed by atoms with E-state index in [-0.39, 0.29) is 0 Å². The van der Waals surface area contributed by atoms with E-state index >= 15 is 0 Å². The smallest absolute Gasteiger partial charge is 0.0971 e. The number of benzene rings is 10. The van der Waals surface area contributed by atoms with Crippen LogP contribution in [0.1, 0.15) is 11.5 Å². The lowest BCUT2D eigenvalue weighted by molar-refractivity contribution is 0.745. The number of aromatic nitrogens is 2. The molecule has 1 aliphatic heterocycles.